The fraction of sp³-hybridized carbons (Fsp3) is 0.267. The van der Waals surface area contributed by atoms with Gasteiger partial charge in [0.2, 0.25) is 0 Å². The number of nitrogens with one attached hydrogen (secondary N) is 1. The number of hydrogen-bond donors (Lipinski definition) is 1. The number of rotatable bonds is 5. The summed E-state index contributed by atoms with van der Waals surface area (Å²) in [7, 11) is 1.88. The van der Waals surface area contributed by atoms with Crippen LogP contribution in [0.4, 0.5) is 8.78 Å². The van der Waals surface area contributed by atoms with Crippen LogP contribution in [0.5, 0.6) is 11.5 Å². The van der Waals surface area contributed by atoms with Gasteiger partial charge in [0.25, 0.3) is 0 Å². The Morgan fingerprint density at radius 1 is 1.15 bits per heavy atom. The van der Waals surface area contributed by atoms with Crippen molar-refractivity contribution in [1.82, 2.24) is 10.3 Å². The molecule has 0 aliphatic heterocycles. The lowest BCUT2D eigenvalue weighted by molar-refractivity contribution is 0.458. The molecule has 3 nitrogen and oxygen atoms in total. The summed E-state index contributed by atoms with van der Waals surface area (Å²) in [5.41, 5.74) is 0.910. The van der Waals surface area contributed by atoms with Crippen molar-refractivity contribution in [3.05, 3.63) is 53.9 Å². The van der Waals surface area contributed by atoms with E-state index in [0.717, 1.165) is 24.2 Å². The van der Waals surface area contributed by atoms with Crippen LogP contribution in [0.15, 0.2) is 36.5 Å². The second-order valence-corrected chi connectivity index (χ2v) is 4.35. The van der Waals surface area contributed by atoms with Crippen molar-refractivity contribution in [2.75, 3.05) is 7.05 Å². The molecule has 0 fully saturated rings. The third-order valence-corrected chi connectivity index (χ3v) is 3.00. The zero-order valence-corrected chi connectivity index (χ0v) is 11.4. The summed E-state index contributed by atoms with van der Waals surface area (Å²) in [6.07, 6.45) is 2.49. The average molecular weight is 278 g/mol. The van der Waals surface area contributed by atoms with Gasteiger partial charge in [0.05, 0.1) is 11.9 Å². The van der Waals surface area contributed by atoms with E-state index < -0.39 is 11.6 Å². The van der Waals surface area contributed by atoms with Crippen molar-refractivity contribution < 1.29 is 13.5 Å². The summed E-state index contributed by atoms with van der Waals surface area (Å²) in [4.78, 5) is 4.30. The Morgan fingerprint density at radius 2 is 1.90 bits per heavy atom. The van der Waals surface area contributed by atoms with Gasteiger partial charge in [-0.15, -0.1) is 0 Å². The number of benzene rings is 1. The molecule has 0 spiro atoms. The van der Waals surface area contributed by atoms with E-state index in [9.17, 15) is 8.78 Å². The van der Waals surface area contributed by atoms with E-state index in [1.54, 1.807) is 12.3 Å². The molecule has 0 aliphatic carbocycles. The number of pyridine rings is 1. The zero-order valence-electron chi connectivity index (χ0n) is 11.4. The Morgan fingerprint density at radius 3 is 2.45 bits per heavy atom. The van der Waals surface area contributed by atoms with Crippen LogP contribution in [-0.4, -0.2) is 12.0 Å². The Labute approximate surface area is 116 Å². The highest BCUT2D eigenvalue weighted by Crippen LogP contribution is 2.24. The van der Waals surface area contributed by atoms with Crippen molar-refractivity contribution in [2.45, 2.75) is 19.4 Å². The molecule has 0 amide bonds. The molecule has 1 aromatic heterocycles. The molecule has 5 heteroatoms. The Balaban J connectivity index is 2.12. The maximum atomic E-state index is 13.1. The normalized spacial score (nSPS) is 12.2. The first-order valence-electron chi connectivity index (χ1n) is 6.40. The van der Waals surface area contributed by atoms with Gasteiger partial charge in [-0.05, 0) is 37.7 Å². The van der Waals surface area contributed by atoms with Gasteiger partial charge in [-0.2, -0.15) is 0 Å². The number of hydrogen-bond acceptors (Lipinski definition) is 3. The molecular weight excluding hydrogens is 262 g/mol. The molecule has 0 saturated carbocycles. The maximum Gasteiger partial charge on any atom is 0.162 e. The second-order valence-electron chi connectivity index (χ2n) is 4.35. The quantitative estimate of drug-likeness (QED) is 0.902. The molecule has 1 heterocycles. The summed E-state index contributed by atoms with van der Waals surface area (Å²) in [5.74, 6) is -1.12. The average Bonchev–Trinajstić information content (AvgIpc) is 2.46. The Bertz CT molecular complexity index is 569. The highest BCUT2D eigenvalue weighted by molar-refractivity contribution is 5.31. The van der Waals surface area contributed by atoms with E-state index in [1.165, 1.54) is 6.07 Å². The van der Waals surface area contributed by atoms with Crippen molar-refractivity contribution in [2.24, 2.45) is 0 Å². The van der Waals surface area contributed by atoms with E-state index in [4.69, 9.17) is 4.74 Å². The van der Waals surface area contributed by atoms with E-state index in [0.29, 0.717) is 5.75 Å². The predicted molar refractivity (Wildman–Crippen MR) is 72.8 cm³/mol. The van der Waals surface area contributed by atoms with Gasteiger partial charge in [-0.25, -0.2) is 8.78 Å². The molecule has 1 N–H and O–H groups in total. The number of ether oxygens (including phenoxy) is 1. The van der Waals surface area contributed by atoms with Crippen molar-refractivity contribution in [1.29, 1.82) is 0 Å². The van der Waals surface area contributed by atoms with Gasteiger partial charge in [0.1, 0.15) is 11.5 Å². The second kappa shape index (κ2) is 6.43. The smallest absolute Gasteiger partial charge is 0.162 e. The molecule has 106 valence electrons. The molecule has 2 aromatic rings. The minimum atomic E-state index is -0.937. The first kappa shape index (κ1) is 14.4. The summed E-state index contributed by atoms with van der Waals surface area (Å²) in [5, 5.41) is 3.16. The summed E-state index contributed by atoms with van der Waals surface area (Å²) in [6.45, 7) is 2.06. The number of halogens is 2. The monoisotopic (exact) mass is 278 g/mol. The summed E-state index contributed by atoms with van der Waals surface area (Å²) < 4.78 is 31.3. The third-order valence-electron chi connectivity index (χ3n) is 3.00. The first-order valence-corrected chi connectivity index (χ1v) is 6.40. The van der Waals surface area contributed by atoms with Crippen LogP contribution in [-0.2, 0) is 0 Å². The van der Waals surface area contributed by atoms with Gasteiger partial charge in [0, 0.05) is 12.1 Å². The van der Waals surface area contributed by atoms with Crippen LogP contribution in [0.25, 0.3) is 0 Å². The largest absolute Gasteiger partial charge is 0.456 e. The van der Waals surface area contributed by atoms with Gasteiger partial charge in [-0.1, -0.05) is 6.92 Å². The highest BCUT2D eigenvalue weighted by atomic mass is 19.2. The fourth-order valence-corrected chi connectivity index (χ4v) is 1.90. The lowest BCUT2D eigenvalue weighted by Crippen LogP contribution is -2.16. The topological polar surface area (TPSA) is 34.1 Å². The van der Waals surface area contributed by atoms with Crippen molar-refractivity contribution in [3.8, 4) is 11.5 Å². The van der Waals surface area contributed by atoms with Gasteiger partial charge in [-0.3, -0.25) is 4.98 Å². The van der Waals surface area contributed by atoms with Crippen molar-refractivity contribution >= 4 is 0 Å². The molecule has 1 unspecified atom stereocenters. The standard InChI is InChI=1S/C15H16F2N2O/c1-3-14(18-2)15-7-5-11(9-19-15)20-10-4-6-12(16)13(17)8-10/h4-9,14,18H,3H2,1-2H3. The van der Waals surface area contributed by atoms with Crippen LogP contribution in [0.1, 0.15) is 25.1 Å². The van der Waals surface area contributed by atoms with Crippen LogP contribution in [0, 0.1) is 11.6 Å². The maximum absolute atomic E-state index is 13.1. The molecule has 0 bridgehead atoms. The number of aromatic nitrogens is 1. The Hall–Kier alpha value is -2.01. The lowest BCUT2D eigenvalue weighted by Gasteiger charge is -2.13. The van der Waals surface area contributed by atoms with Gasteiger partial charge in [0.15, 0.2) is 11.6 Å². The van der Waals surface area contributed by atoms with Crippen molar-refractivity contribution in [3.63, 3.8) is 0 Å². The van der Waals surface area contributed by atoms with E-state index >= 15 is 0 Å². The number of nitrogens with zero attached hydrogens (tertiary/aromatic N) is 1. The van der Waals surface area contributed by atoms with Crippen LogP contribution < -0.4 is 10.1 Å². The summed E-state index contributed by atoms with van der Waals surface area (Å²) in [6, 6.07) is 7.19. The molecule has 20 heavy (non-hydrogen) atoms. The minimum absolute atomic E-state index is 0.187. The Kier molecular flexibility index (Phi) is 4.63. The SMILES string of the molecule is CCC(NC)c1ccc(Oc2ccc(F)c(F)c2)cn1. The highest BCUT2D eigenvalue weighted by Gasteiger charge is 2.09. The van der Waals surface area contributed by atoms with E-state index in [-0.39, 0.29) is 11.8 Å². The first-order chi connectivity index (χ1) is 9.63. The van der Waals surface area contributed by atoms with Gasteiger partial charge >= 0.3 is 0 Å². The van der Waals surface area contributed by atoms with E-state index in [2.05, 4.69) is 17.2 Å². The fourth-order valence-electron chi connectivity index (χ4n) is 1.90. The molecule has 0 saturated heterocycles. The molecule has 1 atom stereocenters. The van der Waals surface area contributed by atoms with Crippen LogP contribution in [0.3, 0.4) is 0 Å². The lowest BCUT2D eigenvalue weighted by atomic mass is 10.1. The van der Waals surface area contributed by atoms with Gasteiger partial charge < -0.3 is 10.1 Å². The molecule has 2 rings (SSSR count). The zero-order chi connectivity index (χ0) is 14.5. The molecule has 1 aromatic carbocycles. The molecule has 0 radical (unpaired) electrons. The minimum Gasteiger partial charge on any atom is -0.456 e. The van der Waals surface area contributed by atoms with E-state index in [1.807, 2.05) is 13.1 Å². The van der Waals surface area contributed by atoms with Crippen LogP contribution >= 0.6 is 0 Å². The molecule has 0 aliphatic rings. The summed E-state index contributed by atoms with van der Waals surface area (Å²) >= 11 is 0. The predicted octanol–water partition coefficient (Wildman–Crippen LogP) is 3.82. The van der Waals surface area contributed by atoms with Crippen LogP contribution in [0.2, 0.25) is 0 Å². The molecular formula is C15H16F2N2O. The third kappa shape index (κ3) is 3.30.